The molecule has 292 valence electrons. The van der Waals surface area contributed by atoms with Gasteiger partial charge in [-0.3, -0.25) is 0 Å². The molecule has 0 radical (unpaired) electrons. The fourth-order valence-corrected chi connectivity index (χ4v) is 7.31. The van der Waals surface area contributed by atoms with Crippen molar-refractivity contribution >= 4 is 0 Å². The molecule has 0 aliphatic heterocycles. The monoisotopic (exact) mass is 736 g/mol. The average Bonchev–Trinajstić information content (AvgIpc) is 3.04. The summed E-state index contributed by atoms with van der Waals surface area (Å²) in [6.07, 6.45) is 1.61. The van der Waals surface area contributed by atoms with Gasteiger partial charge in [-0.2, -0.15) is 0 Å². The Bertz CT molecular complexity index is 1750. The van der Waals surface area contributed by atoms with Crippen LogP contribution in [0.2, 0.25) is 0 Å². The maximum absolute atomic E-state index is 12.3. The minimum absolute atomic E-state index is 0.120. The van der Waals surface area contributed by atoms with Crippen LogP contribution in [0.3, 0.4) is 0 Å². The summed E-state index contributed by atoms with van der Waals surface area (Å²) in [6, 6.07) is 17.2. The Morgan fingerprint density at radius 2 is 0.593 bits per heavy atom. The van der Waals surface area contributed by atoms with E-state index in [0.29, 0.717) is 37.2 Å². The van der Waals surface area contributed by atoms with Gasteiger partial charge in [0.25, 0.3) is 0 Å². The summed E-state index contributed by atoms with van der Waals surface area (Å²) in [6.45, 7) is 26.2. The smallest absolute Gasteiger partial charge is 0.126 e. The number of aliphatic hydroxyl groups excluding tert-OH is 2. The van der Waals surface area contributed by atoms with E-state index in [0.717, 1.165) is 66.8 Å². The molecule has 1 aliphatic rings. The van der Waals surface area contributed by atoms with Gasteiger partial charge in [-0.25, -0.2) is 0 Å². The van der Waals surface area contributed by atoms with Crippen molar-refractivity contribution in [2.75, 3.05) is 26.4 Å². The zero-order valence-electron chi connectivity index (χ0n) is 34.9. The number of rotatable bonds is 6. The molecule has 4 N–H and O–H groups in total. The minimum atomic E-state index is -0.202. The first-order valence-electron chi connectivity index (χ1n) is 19.5. The molecule has 6 nitrogen and oxygen atoms in total. The predicted octanol–water partition coefficient (Wildman–Crippen LogP) is 9.71. The van der Waals surface area contributed by atoms with Crippen molar-refractivity contribution in [2.45, 2.75) is 130 Å². The van der Waals surface area contributed by atoms with Crippen LogP contribution in [-0.2, 0) is 47.3 Å². The van der Waals surface area contributed by atoms with Gasteiger partial charge in [0.1, 0.15) is 36.2 Å². The third-order valence-electron chi connectivity index (χ3n) is 10.7. The first-order chi connectivity index (χ1) is 25.0. The molecule has 0 heterocycles. The van der Waals surface area contributed by atoms with Crippen molar-refractivity contribution < 1.29 is 29.9 Å². The molecule has 4 aromatic rings. The zero-order valence-corrected chi connectivity index (χ0v) is 34.9. The summed E-state index contributed by atoms with van der Waals surface area (Å²) in [4.78, 5) is 0. The molecule has 0 saturated carbocycles. The van der Waals surface area contributed by atoms with Crippen LogP contribution in [0, 0.1) is 0 Å². The van der Waals surface area contributed by atoms with E-state index in [1.165, 1.54) is 0 Å². The number of phenols is 2. The molecule has 0 fully saturated rings. The maximum atomic E-state index is 12.3. The second kappa shape index (κ2) is 15.3. The van der Waals surface area contributed by atoms with Crippen LogP contribution in [0.5, 0.6) is 23.0 Å². The van der Waals surface area contributed by atoms with Crippen molar-refractivity contribution in [1.82, 2.24) is 0 Å². The lowest BCUT2D eigenvalue weighted by Gasteiger charge is -2.28. The van der Waals surface area contributed by atoms with E-state index in [9.17, 15) is 20.4 Å². The minimum Gasteiger partial charge on any atom is -0.507 e. The second-order valence-corrected chi connectivity index (χ2v) is 19.4. The summed E-state index contributed by atoms with van der Waals surface area (Å²) in [5.41, 5.74) is 10.5. The Morgan fingerprint density at radius 1 is 0.389 bits per heavy atom. The number of hydrogen-bond donors (Lipinski definition) is 4. The zero-order chi connectivity index (χ0) is 40.0. The van der Waals surface area contributed by atoms with Crippen LogP contribution >= 0.6 is 0 Å². The van der Waals surface area contributed by atoms with E-state index in [-0.39, 0.29) is 59.6 Å². The van der Waals surface area contributed by atoms with Crippen LogP contribution in [0.15, 0.2) is 48.5 Å². The maximum Gasteiger partial charge on any atom is 0.126 e. The van der Waals surface area contributed by atoms with E-state index in [1.54, 1.807) is 0 Å². The number of aliphatic hydroxyl groups is 2. The van der Waals surface area contributed by atoms with Crippen LogP contribution in [0.1, 0.15) is 150 Å². The lowest BCUT2D eigenvalue weighted by molar-refractivity contribution is 0.199. The summed E-state index contributed by atoms with van der Waals surface area (Å²) in [5.74, 6) is 1.82. The third kappa shape index (κ3) is 9.09. The van der Waals surface area contributed by atoms with Crippen molar-refractivity contribution in [3.8, 4) is 23.0 Å². The summed E-state index contributed by atoms with van der Waals surface area (Å²) in [7, 11) is 0. The van der Waals surface area contributed by atoms with Crippen molar-refractivity contribution in [3.05, 3.63) is 115 Å². The first kappa shape index (κ1) is 41.2. The van der Waals surface area contributed by atoms with Gasteiger partial charge in [-0.05, 0) is 88.4 Å². The predicted molar refractivity (Wildman–Crippen MR) is 220 cm³/mol. The highest BCUT2D eigenvalue weighted by molar-refractivity contribution is 5.59. The highest BCUT2D eigenvalue weighted by Crippen LogP contribution is 2.43. The second-order valence-electron chi connectivity index (χ2n) is 19.4. The van der Waals surface area contributed by atoms with Crippen molar-refractivity contribution in [3.63, 3.8) is 0 Å². The van der Waals surface area contributed by atoms with Gasteiger partial charge in [-0.15, -0.1) is 0 Å². The molecule has 4 aromatic carbocycles. The number of benzene rings is 4. The highest BCUT2D eigenvalue weighted by Gasteiger charge is 2.28. The number of ether oxygens (including phenoxy) is 2. The Hall–Kier alpha value is -4.00. The molecule has 8 bridgehead atoms. The Labute approximate surface area is 324 Å². The molecule has 0 amide bonds. The summed E-state index contributed by atoms with van der Waals surface area (Å²) < 4.78 is 12.9. The number of hydrogen-bond acceptors (Lipinski definition) is 6. The fraction of sp³-hybridized carbons (Fsp3) is 0.500. The Kier molecular flexibility index (Phi) is 11.6. The summed E-state index contributed by atoms with van der Waals surface area (Å²) >= 11 is 0. The standard InChI is InChI=1S/C48H64O6/c1-45(2,3)37-21-29-17-33-25-39(47(7,8)9)27-35(43(33)53-15-13-49)19-31-23-38(46(4,5)6)24-32(42(31)52)20-36-28-40(48(10,11)12)26-34(44(36)54-16-14-50)18-30(22-37)41(29)51/h21-28,49-52H,13-20H2,1-12H3. The van der Waals surface area contributed by atoms with E-state index in [1.807, 2.05) is 0 Å². The molecule has 6 heteroatoms. The Morgan fingerprint density at radius 3 is 0.778 bits per heavy atom. The molecule has 0 atom stereocenters. The van der Waals surface area contributed by atoms with E-state index < -0.39 is 0 Å². The molecule has 54 heavy (non-hydrogen) atoms. The lowest BCUT2D eigenvalue weighted by atomic mass is 9.79. The number of fused-ring (bicyclic) bond motifs is 8. The third-order valence-corrected chi connectivity index (χ3v) is 10.7. The first-order valence-corrected chi connectivity index (χ1v) is 19.5. The van der Waals surface area contributed by atoms with Gasteiger partial charge in [-0.1, -0.05) is 132 Å². The van der Waals surface area contributed by atoms with Gasteiger partial charge in [0.2, 0.25) is 0 Å². The Balaban J connectivity index is 1.95. The fourth-order valence-electron chi connectivity index (χ4n) is 7.31. The molecule has 0 unspecified atom stereocenters. The van der Waals surface area contributed by atoms with Gasteiger partial charge >= 0.3 is 0 Å². The molecule has 0 aromatic heterocycles. The van der Waals surface area contributed by atoms with E-state index in [4.69, 9.17) is 9.47 Å². The van der Waals surface area contributed by atoms with Gasteiger partial charge < -0.3 is 29.9 Å². The van der Waals surface area contributed by atoms with Crippen LogP contribution in [-0.4, -0.2) is 46.9 Å². The van der Waals surface area contributed by atoms with Gasteiger partial charge in [0, 0.05) is 25.7 Å². The molecule has 0 spiro atoms. The topological polar surface area (TPSA) is 99.4 Å². The molecule has 0 saturated heterocycles. The van der Waals surface area contributed by atoms with E-state index >= 15 is 0 Å². The lowest BCUT2D eigenvalue weighted by Crippen LogP contribution is -2.17. The largest absolute Gasteiger partial charge is 0.507 e. The van der Waals surface area contributed by atoms with E-state index in [2.05, 4.69) is 132 Å². The molecule has 5 rings (SSSR count). The van der Waals surface area contributed by atoms with Crippen molar-refractivity contribution in [1.29, 1.82) is 0 Å². The summed E-state index contributed by atoms with van der Waals surface area (Å²) in [5, 5.41) is 44.4. The van der Waals surface area contributed by atoms with Gasteiger partial charge in [0.15, 0.2) is 0 Å². The SMILES string of the molecule is CC(C)(C)c1cc2c(O)c(c1)Cc1cc(C(C)(C)C)cc(c1OCCO)Cc1cc(C(C)(C)C)cc(c1O)Cc1cc(C(C)(C)C)cc(c1OCCO)C2. The number of aromatic hydroxyl groups is 2. The van der Waals surface area contributed by atoms with Crippen LogP contribution in [0.4, 0.5) is 0 Å². The normalized spacial score (nSPS) is 13.9. The van der Waals surface area contributed by atoms with Crippen LogP contribution < -0.4 is 9.47 Å². The molecular formula is C48H64O6. The van der Waals surface area contributed by atoms with Crippen molar-refractivity contribution in [2.24, 2.45) is 0 Å². The van der Waals surface area contributed by atoms with Crippen LogP contribution in [0.25, 0.3) is 0 Å². The molecule has 1 aliphatic carbocycles. The quantitative estimate of drug-likeness (QED) is 0.139. The van der Waals surface area contributed by atoms with Gasteiger partial charge in [0.05, 0.1) is 13.2 Å². The average molecular weight is 737 g/mol. The molecular weight excluding hydrogens is 673 g/mol. The highest BCUT2D eigenvalue weighted by atomic mass is 16.5. The number of phenolic OH excluding ortho intramolecular Hbond substituents is 2.